The van der Waals surface area contributed by atoms with Gasteiger partial charge in [-0.2, -0.15) is 0 Å². The van der Waals surface area contributed by atoms with Crippen molar-refractivity contribution in [2.75, 3.05) is 32.8 Å². The maximum Gasteiger partial charge on any atom is 0.224 e. The summed E-state index contributed by atoms with van der Waals surface area (Å²) in [7, 11) is 0. The fourth-order valence-electron chi connectivity index (χ4n) is 3.19. The smallest absolute Gasteiger partial charge is 0.224 e. The van der Waals surface area contributed by atoms with Crippen LogP contribution in [0.25, 0.3) is 0 Å². The van der Waals surface area contributed by atoms with Gasteiger partial charge in [0.15, 0.2) is 0 Å². The fourth-order valence-corrected chi connectivity index (χ4v) is 3.19. The van der Waals surface area contributed by atoms with E-state index in [0.717, 1.165) is 38.0 Å². The molecule has 1 heterocycles. The van der Waals surface area contributed by atoms with Gasteiger partial charge in [0.2, 0.25) is 11.8 Å². The summed E-state index contributed by atoms with van der Waals surface area (Å²) in [4.78, 5) is 26.3. The molecule has 26 heavy (non-hydrogen) atoms. The molecule has 2 amide bonds. The van der Waals surface area contributed by atoms with E-state index in [0.29, 0.717) is 32.7 Å². The van der Waals surface area contributed by atoms with Gasteiger partial charge in [0.05, 0.1) is 12.5 Å². The molecule has 144 valence electrons. The largest absolute Gasteiger partial charge is 0.494 e. The van der Waals surface area contributed by atoms with Gasteiger partial charge in [0.1, 0.15) is 5.75 Å². The molecule has 0 bridgehead atoms. The van der Waals surface area contributed by atoms with E-state index in [-0.39, 0.29) is 17.7 Å². The summed E-state index contributed by atoms with van der Waals surface area (Å²) < 4.78 is 5.71. The third-order valence-corrected chi connectivity index (χ3v) is 4.63. The number of hydrogen-bond acceptors (Lipinski definition) is 4. The molecule has 1 aliphatic heterocycles. The minimum Gasteiger partial charge on any atom is -0.494 e. The van der Waals surface area contributed by atoms with Crippen molar-refractivity contribution in [3.8, 4) is 5.75 Å². The van der Waals surface area contributed by atoms with Gasteiger partial charge in [0, 0.05) is 32.6 Å². The number of amides is 2. The van der Waals surface area contributed by atoms with Crippen LogP contribution in [0.4, 0.5) is 0 Å². The van der Waals surface area contributed by atoms with Gasteiger partial charge in [0.25, 0.3) is 0 Å². The summed E-state index contributed by atoms with van der Waals surface area (Å²) in [5.41, 5.74) is 6.59. The summed E-state index contributed by atoms with van der Waals surface area (Å²) >= 11 is 0. The first kappa shape index (κ1) is 20.2. The molecule has 1 fully saturated rings. The van der Waals surface area contributed by atoms with Crippen LogP contribution in [0.3, 0.4) is 0 Å². The Morgan fingerprint density at radius 2 is 2.19 bits per heavy atom. The van der Waals surface area contributed by atoms with Crippen LogP contribution >= 0.6 is 0 Å². The van der Waals surface area contributed by atoms with Crippen LogP contribution in [0.5, 0.6) is 5.75 Å². The van der Waals surface area contributed by atoms with E-state index in [1.165, 1.54) is 5.56 Å². The number of carbonyl (C=O) groups excluding carboxylic acids is 2. The van der Waals surface area contributed by atoms with Gasteiger partial charge in [-0.05, 0) is 50.3 Å². The molecular formula is C20H31N3O3. The highest BCUT2D eigenvalue weighted by atomic mass is 16.5. The van der Waals surface area contributed by atoms with Gasteiger partial charge < -0.3 is 20.7 Å². The SMILES string of the molecule is Cc1cccc(OCCCCC(=O)N2CCCC(C(=O)NCCN)C2)c1. The van der Waals surface area contributed by atoms with Gasteiger partial charge in [-0.15, -0.1) is 0 Å². The predicted molar refractivity (Wildman–Crippen MR) is 102 cm³/mol. The van der Waals surface area contributed by atoms with E-state index in [1.807, 2.05) is 36.1 Å². The number of ether oxygens (including phenoxy) is 1. The van der Waals surface area contributed by atoms with Crippen molar-refractivity contribution in [1.29, 1.82) is 0 Å². The van der Waals surface area contributed by atoms with E-state index < -0.39 is 0 Å². The standard InChI is InChI=1S/C20H31N3O3/c1-16-6-4-8-18(14-16)26-13-3-2-9-19(24)23-12-5-7-17(15-23)20(25)22-11-10-21/h4,6,8,14,17H,2-3,5,7,9-13,15,21H2,1H3,(H,22,25). The zero-order chi connectivity index (χ0) is 18.8. The van der Waals surface area contributed by atoms with Gasteiger partial charge in [-0.25, -0.2) is 0 Å². The molecule has 6 nitrogen and oxygen atoms in total. The maximum absolute atomic E-state index is 12.4. The first-order valence-corrected chi connectivity index (χ1v) is 9.55. The summed E-state index contributed by atoms with van der Waals surface area (Å²) in [5.74, 6) is 0.916. The maximum atomic E-state index is 12.4. The van der Waals surface area contributed by atoms with E-state index in [4.69, 9.17) is 10.5 Å². The molecule has 1 aromatic carbocycles. The number of benzene rings is 1. The molecule has 0 radical (unpaired) electrons. The van der Waals surface area contributed by atoms with Crippen molar-refractivity contribution < 1.29 is 14.3 Å². The molecule has 6 heteroatoms. The number of unbranched alkanes of at least 4 members (excludes halogenated alkanes) is 1. The van der Waals surface area contributed by atoms with Crippen molar-refractivity contribution in [2.24, 2.45) is 11.7 Å². The second-order valence-electron chi connectivity index (χ2n) is 6.88. The molecule has 2 rings (SSSR count). The summed E-state index contributed by atoms with van der Waals surface area (Å²) in [6.45, 7) is 4.85. The predicted octanol–water partition coefficient (Wildman–Crippen LogP) is 1.86. The van der Waals surface area contributed by atoms with Crippen LogP contribution in [0.1, 0.15) is 37.7 Å². The number of nitrogens with zero attached hydrogens (tertiary/aromatic N) is 1. The zero-order valence-corrected chi connectivity index (χ0v) is 15.7. The zero-order valence-electron chi connectivity index (χ0n) is 15.7. The molecule has 0 aromatic heterocycles. The number of carbonyl (C=O) groups is 2. The van der Waals surface area contributed by atoms with Gasteiger partial charge in [-0.3, -0.25) is 9.59 Å². The van der Waals surface area contributed by atoms with Crippen molar-refractivity contribution in [3.63, 3.8) is 0 Å². The highest BCUT2D eigenvalue weighted by Gasteiger charge is 2.27. The van der Waals surface area contributed by atoms with Crippen LogP contribution in [0.15, 0.2) is 24.3 Å². The first-order valence-electron chi connectivity index (χ1n) is 9.55. The lowest BCUT2D eigenvalue weighted by molar-refractivity contribution is -0.135. The topological polar surface area (TPSA) is 84.7 Å². The second-order valence-corrected chi connectivity index (χ2v) is 6.88. The van der Waals surface area contributed by atoms with Gasteiger partial charge in [-0.1, -0.05) is 12.1 Å². The van der Waals surface area contributed by atoms with Crippen molar-refractivity contribution in [2.45, 2.75) is 39.0 Å². The molecular weight excluding hydrogens is 330 g/mol. The lowest BCUT2D eigenvalue weighted by Gasteiger charge is -2.32. The van der Waals surface area contributed by atoms with E-state index >= 15 is 0 Å². The number of rotatable bonds is 9. The fraction of sp³-hybridized carbons (Fsp3) is 0.600. The average molecular weight is 361 g/mol. The Morgan fingerprint density at radius 3 is 2.96 bits per heavy atom. The highest BCUT2D eigenvalue weighted by Crippen LogP contribution is 2.18. The molecule has 1 aliphatic rings. The lowest BCUT2D eigenvalue weighted by Crippen LogP contribution is -2.46. The summed E-state index contributed by atoms with van der Waals surface area (Å²) in [6.07, 6.45) is 3.86. The average Bonchev–Trinajstić information content (AvgIpc) is 2.65. The van der Waals surface area contributed by atoms with Crippen LogP contribution in [0, 0.1) is 12.8 Å². The molecule has 1 unspecified atom stereocenters. The third kappa shape index (κ3) is 6.67. The van der Waals surface area contributed by atoms with E-state index in [1.54, 1.807) is 0 Å². The molecule has 0 aliphatic carbocycles. The van der Waals surface area contributed by atoms with Crippen LogP contribution in [-0.4, -0.2) is 49.5 Å². The van der Waals surface area contributed by atoms with Crippen LogP contribution in [-0.2, 0) is 9.59 Å². The number of hydrogen-bond donors (Lipinski definition) is 2. The normalized spacial score (nSPS) is 17.0. The van der Waals surface area contributed by atoms with Crippen molar-refractivity contribution in [1.82, 2.24) is 10.2 Å². The molecule has 0 saturated carbocycles. The van der Waals surface area contributed by atoms with Crippen LogP contribution < -0.4 is 15.8 Å². The Hall–Kier alpha value is -2.08. The molecule has 1 atom stereocenters. The highest BCUT2D eigenvalue weighted by molar-refractivity contribution is 5.81. The lowest BCUT2D eigenvalue weighted by atomic mass is 9.96. The number of piperidine rings is 1. The van der Waals surface area contributed by atoms with Crippen molar-refractivity contribution >= 4 is 11.8 Å². The molecule has 0 spiro atoms. The number of nitrogens with one attached hydrogen (secondary N) is 1. The minimum absolute atomic E-state index is 0.0134. The Labute approximate surface area is 156 Å². The Bertz CT molecular complexity index is 591. The number of likely N-dealkylation sites (tertiary alicyclic amines) is 1. The Kier molecular flexibility index (Phi) is 8.41. The van der Waals surface area contributed by atoms with E-state index in [2.05, 4.69) is 5.32 Å². The minimum atomic E-state index is -0.107. The Morgan fingerprint density at radius 1 is 1.35 bits per heavy atom. The summed E-state index contributed by atoms with van der Waals surface area (Å²) in [6, 6.07) is 7.97. The summed E-state index contributed by atoms with van der Waals surface area (Å²) in [5, 5.41) is 2.82. The molecule has 1 saturated heterocycles. The van der Waals surface area contributed by atoms with Crippen molar-refractivity contribution in [3.05, 3.63) is 29.8 Å². The first-order chi connectivity index (χ1) is 12.6. The third-order valence-electron chi connectivity index (χ3n) is 4.63. The number of nitrogens with two attached hydrogens (primary N) is 1. The van der Waals surface area contributed by atoms with Gasteiger partial charge >= 0.3 is 0 Å². The Balaban J connectivity index is 1.64. The van der Waals surface area contributed by atoms with E-state index in [9.17, 15) is 9.59 Å². The van der Waals surface area contributed by atoms with Crippen LogP contribution in [0.2, 0.25) is 0 Å². The molecule has 1 aromatic rings. The monoisotopic (exact) mass is 361 g/mol. The quantitative estimate of drug-likeness (QED) is 0.658. The number of aryl methyl sites for hydroxylation is 1. The second kappa shape index (κ2) is 10.8. The molecule has 3 N–H and O–H groups in total.